The molecule has 4 aromatic rings. The fourth-order valence-electron chi connectivity index (χ4n) is 8.60. The number of fused-ring (bicyclic) bond motifs is 1. The lowest BCUT2D eigenvalue weighted by Crippen LogP contribution is -2.59. The first-order chi connectivity index (χ1) is 30.1. The Balaban J connectivity index is 0.000000971. The van der Waals surface area contributed by atoms with Crippen molar-refractivity contribution in [1.29, 1.82) is 0 Å². The van der Waals surface area contributed by atoms with Gasteiger partial charge in [-0.3, -0.25) is 30.2 Å². The first-order valence-corrected chi connectivity index (χ1v) is 22.0. The molecule has 2 fully saturated rings. The molecule has 2 aromatic carbocycles. The Labute approximate surface area is 372 Å². The SMILES string of the molecule is C=CC1CC1C=O.CCn1c(-c2cccnc2C(C)OC)c(CC(C)(C)COC=O)c2cc(-c3cc(O)cc(CC(NC(=O)C(C(C)C)N(C)N)C(=O)N4CCCCN4)c3)ccc21. The van der Waals surface area contributed by atoms with E-state index in [1.807, 2.05) is 45.0 Å². The number of phenolic OH excluding ortho intramolecular Hbond substituents is 1. The molecular weight excluding hydrogens is 799 g/mol. The van der Waals surface area contributed by atoms with Crippen molar-refractivity contribution in [3.05, 3.63) is 84.2 Å². The van der Waals surface area contributed by atoms with Crippen LogP contribution in [-0.4, -0.2) is 95.2 Å². The number of likely N-dealkylation sites (N-methyl/N-ethyl adjacent to an activating group) is 1. The maximum absolute atomic E-state index is 14.0. The zero-order valence-corrected chi connectivity index (χ0v) is 38.2. The van der Waals surface area contributed by atoms with Crippen LogP contribution in [0.5, 0.6) is 5.75 Å². The number of allylic oxidation sites excluding steroid dienone is 1. The summed E-state index contributed by atoms with van der Waals surface area (Å²) in [4.78, 5) is 53.5. The maximum atomic E-state index is 14.0. The minimum absolute atomic E-state index is 0.0423. The van der Waals surface area contributed by atoms with E-state index in [9.17, 15) is 24.3 Å². The third-order valence-corrected chi connectivity index (χ3v) is 12.0. The van der Waals surface area contributed by atoms with Crippen LogP contribution in [0.1, 0.15) is 83.7 Å². The number of hydrazine groups is 2. The number of hydrogen-bond acceptors (Lipinski definition) is 11. The van der Waals surface area contributed by atoms with Crippen LogP contribution in [0.25, 0.3) is 33.3 Å². The number of nitrogens with two attached hydrogens (primary N) is 1. The normalized spacial score (nSPS) is 17.7. The average Bonchev–Trinajstić information content (AvgIpc) is 3.99. The number of carbonyl (C=O) groups is 4. The molecule has 1 aliphatic heterocycles. The lowest BCUT2D eigenvalue weighted by molar-refractivity contribution is -0.141. The molecule has 5 N–H and O–H groups in total. The van der Waals surface area contributed by atoms with Gasteiger partial charge in [-0.1, -0.05) is 45.9 Å². The van der Waals surface area contributed by atoms with Gasteiger partial charge in [0.15, 0.2) is 0 Å². The predicted molar refractivity (Wildman–Crippen MR) is 246 cm³/mol. The molecule has 1 aliphatic carbocycles. The van der Waals surface area contributed by atoms with Crippen molar-refractivity contribution in [2.45, 2.75) is 98.4 Å². The number of aromatic hydroxyl groups is 1. The molecule has 1 saturated carbocycles. The standard InChI is InChI=1S/C43H59N7O6.C6H8O/c1-9-49-37-15-14-30(23-34(37)35(24-43(5,6)25-56-26-51)40(49)33-13-12-16-45-38(33)28(4)55-8)31-19-29(20-32(52)22-31)21-36(42(54)50-18-11-10-17-46-50)47-41(53)39(27(2)3)48(7)44;1-2-5-3-6(5)4-7/h12-16,19-20,22-23,26-28,36,39,46,52H,9-11,17-18,21,24-25,44H2,1-8H3,(H,47,53);2,4-6H,1,3H2. The van der Waals surface area contributed by atoms with Gasteiger partial charge in [0.25, 0.3) is 12.4 Å². The molecular formula is C49H67N7O7. The number of aldehydes is 1. The van der Waals surface area contributed by atoms with Crippen molar-refractivity contribution in [1.82, 2.24) is 30.3 Å². The monoisotopic (exact) mass is 866 g/mol. The molecule has 63 heavy (non-hydrogen) atoms. The molecule has 0 spiro atoms. The third kappa shape index (κ3) is 12.0. The average molecular weight is 866 g/mol. The third-order valence-electron chi connectivity index (χ3n) is 12.0. The van der Waals surface area contributed by atoms with Crippen LogP contribution in [0.3, 0.4) is 0 Å². The van der Waals surface area contributed by atoms with Crippen molar-refractivity contribution >= 4 is 35.5 Å². The second-order valence-corrected chi connectivity index (χ2v) is 17.9. The molecule has 14 nitrogen and oxygen atoms in total. The van der Waals surface area contributed by atoms with Crippen molar-refractivity contribution in [3.63, 3.8) is 0 Å². The van der Waals surface area contributed by atoms with Gasteiger partial charge in [0.05, 0.1) is 24.1 Å². The number of ether oxygens (including phenoxy) is 2. The summed E-state index contributed by atoms with van der Waals surface area (Å²) < 4.78 is 13.3. The van der Waals surface area contributed by atoms with E-state index in [1.165, 1.54) is 5.01 Å². The highest BCUT2D eigenvalue weighted by Gasteiger charge is 2.34. The molecule has 14 heteroatoms. The highest BCUT2D eigenvalue weighted by Crippen LogP contribution is 2.42. The van der Waals surface area contributed by atoms with E-state index in [2.05, 4.69) is 60.9 Å². The quantitative estimate of drug-likeness (QED) is 0.0348. The summed E-state index contributed by atoms with van der Waals surface area (Å²) in [5, 5.41) is 18.1. The second-order valence-electron chi connectivity index (χ2n) is 17.9. The Bertz CT molecular complexity index is 2210. The lowest BCUT2D eigenvalue weighted by Gasteiger charge is -2.33. The number of methoxy groups -OCH3 is 1. The number of aromatic nitrogens is 2. The van der Waals surface area contributed by atoms with Crippen molar-refractivity contribution in [2.24, 2.45) is 29.0 Å². The molecule has 340 valence electrons. The summed E-state index contributed by atoms with van der Waals surface area (Å²) in [6.45, 7) is 18.2. The van der Waals surface area contributed by atoms with Crippen LogP contribution < -0.4 is 16.6 Å². The number of rotatable bonds is 19. The number of nitrogens with zero attached hydrogens (tertiary/aromatic N) is 4. The summed E-state index contributed by atoms with van der Waals surface area (Å²) in [7, 11) is 3.32. The molecule has 0 radical (unpaired) electrons. The maximum Gasteiger partial charge on any atom is 0.293 e. The van der Waals surface area contributed by atoms with Crippen LogP contribution in [0.4, 0.5) is 0 Å². The number of benzene rings is 2. The first kappa shape index (κ1) is 48.6. The van der Waals surface area contributed by atoms with Crippen LogP contribution in [0, 0.1) is 23.2 Å². The zero-order chi connectivity index (χ0) is 46.0. The molecule has 1 saturated heterocycles. The Morgan fingerprint density at radius 2 is 1.87 bits per heavy atom. The van der Waals surface area contributed by atoms with E-state index in [-0.39, 0.29) is 42.6 Å². The predicted octanol–water partition coefficient (Wildman–Crippen LogP) is 6.54. The molecule has 6 rings (SSSR count). The van der Waals surface area contributed by atoms with E-state index >= 15 is 0 Å². The van der Waals surface area contributed by atoms with E-state index in [1.54, 1.807) is 37.5 Å². The van der Waals surface area contributed by atoms with Crippen LogP contribution in [-0.2, 0) is 48.0 Å². The molecule has 2 aliphatic rings. The molecule has 2 aromatic heterocycles. The summed E-state index contributed by atoms with van der Waals surface area (Å²) in [5.74, 6) is 6.26. The van der Waals surface area contributed by atoms with Crippen molar-refractivity contribution in [3.8, 4) is 28.1 Å². The fourth-order valence-corrected chi connectivity index (χ4v) is 8.60. The van der Waals surface area contributed by atoms with Crippen molar-refractivity contribution < 1.29 is 33.8 Å². The molecule has 0 bridgehead atoms. The number of aryl methyl sites for hydroxylation is 1. The van der Waals surface area contributed by atoms with E-state index < -0.39 is 17.5 Å². The zero-order valence-electron chi connectivity index (χ0n) is 38.2. The smallest absolute Gasteiger partial charge is 0.293 e. The molecule has 2 amide bonds. The first-order valence-electron chi connectivity index (χ1n) is 22.0. The van der Waals surface area contributed by atoms with Gasteiger partial charge in [-0.15, -0.1) is 6.58 Å². The molecule has 5 unspecified atom stereocenters. The number of hydrogen-bond donors (Lipinski definition) is 4. The summed E-state index contributed by atoms with van der Waals surface area (Å²) in [6.07, 6.45) is 7.97. The minimum Gasteiger partial charge on any atom is -0.508 e. The Morgan fingerprint density at radius 3 is 2.46 bits per heavy atom. The topological polar surface area (TPSA) is 181 Å². The van der Waals surface area contributed by atoms with Gasteiger partial charge >= 0.3 is 0 Å². The minimum atomic E-state index is -0.904. The number of nitrogens with one attached hydrogen (secondary N) is 2. The van der Waals surface area contributed by atoms with Gasteiger partial charge in [0.2, 0.25) is 5.91 Å². The number of phenols is 1. The van der Waals surface area contributed by atoms with Gasteiger partial charge in [-0.05, 0) is 110 Å². The molecule has 3 heterocycles. The summed E-state index contributed by atoms with van der Waals surface area (Å²) in [6, 6.07) is 14.0. The van der Waals surface area contributed by atoms with Crippen LogP contribution in [0.15, 0.2) is 67.4 Å². The number of carbonyl (C=O) groups excluding carboxylic acids is 4. The fraction of sp³-hybridized carbons (Fsp3) is 0.490. The summed E-state index contributed by atoms with van der Waals surface area (Å²) in [5.41, 5.74) is 9.99. The van der Waals surface area contributed by atoms with E-state index in [0.717, 1.165) is 70.1 Å². The van der Waals surface area contributed by atoms with Crippen LogP contribution in [0.2, 0.25) is 0 Å². The van der Waals surface area contributed by atoms with Gasteiger partial charge in [0, 0.05) is 74.2 Å². The van der Waals surface area contributed by atoms with E-state index in [4.69, 9.17) is 20.3 Å². The second kappa shape index (κ2) is 21.8. The number of amides is 2. The summed E-state index contributed by atoms with van der Waals surface area (Å²) >= 11 is 0. The highest BCUT2D eigenvalue weighted by molar-refractivity contribution is 5.95. The van der Waals surface area contributed by atoms with Gasteiger partial charge in [0.1, 0.15) is 24.1 Å². The number of pyridine rings is 1. The van der Waals surface area contributed by atoms with Gasteiger partial charge < -0.3 is 29.3 Å². The van der Waals surface area contributed by atoms with Crippen molar-refractivity contribution in [2.75, 3.05) is 33.9 Å². The largest absolute Gasteiger partial charge is 0.508 e. The Kier molecular flexibility index (Phi) is 16.8. The lowest BCUT2D eigenvalue weighted by atomic mass is 9.84. The Hall–Kier alpha value is -5.41. The molecule has 5 atom stereocenters. The Morgan fingerprint density at radius 1 is 1.11 bits per heavy atom. The van der Waals surface area contributed by atoms with Gasteiger partial charge in [-0.2, -0.15) is 0 Å². The highest BCUT2D eigenvalue weighted by atomic mass is 16.5. The van der Waals surface area contributed by atoms with Gasteiger partial charge in [-0.25, -0.2) is 10.4 Å². The van der Waals surface area contributed by atoms with E-state index in [0.29, 0.717) is 49.9 Å². The van der Waals surface area contributed by atoms with Crippen LogP contribution >= 0.6 is 0 Å².